The standard InChI is InChI=1S/C12H12N2O2/c15-12(16)10-5-2-6-11-13-9(7-14(10)11)8-3-1-4-8/h2,5-8H,1,3-4H2,(H,15,16). The maximum Gasteiger partial charge on any atom is 0.352 e. The van der Waals surface area contributed by atoms with Crippen molar-refractivity contribution in [2.45, 2.75) is 25.2 Å². The molecule has 2 aromatic heterocycles. The molecule has 1 aliphatic rings. The van der Waals surface area contributed by atoms with Crippen LogP contribution in [0.5, 0.6) is 0 Å². The predicted molar refractivity (Wildman–Crippen MR) is 58.7 cm³/mol. The molecule has 1 saturated carbocycles. The molecule has 0 unspecified atom stereocenters. The highest BCUT2D eigenvalue weighted by Gasteiger charge is 2.22. The number of aromatic carboxylic acids is 1. The number of rotatable bonds is 2. The van der Waals surface area contributed by atoms with Gasteiger partial charge in [0.1, 0.15) is 11.3 Å². The molecule has 0 amide bonds. The highest BCUT2D eigenvalue weighted by Crippen LogP contribution is 2.35. The molecule has 1 fully saturated rings. The summed E-state index contributed by atoms with van der Waals surface area (Å²) in [4.78, 5) is 15.5. The second kappa shape index (κ2) is 3.33. The Balaban J connectivity index is 2.15. The molecule has 0 aliphatic heterocycles. The quantitative estimate of drug-likeness (QED) is 0.838. The summed E-state index contributed by atoms with van der Waals surface area (Å²) in [7, 11) is 0. The van der Waals surface area contributed by atoms with Crippen molar-refractivity contribution in [3.63, 3.8) is 0 Å². The lowest BCUT2D eigenvalue weighted by atomic mass is 9.83. The second-order valence-corrected chi connectivity index (χ2v) is 4.24. The highest BCUT2D eigenvalue weighted by molar-refractivity contribution is 5.86. The zero-order valence-electron chi connectivity index (χ0n) is 8.76. The van der Waals surface area contributed by atoms with E-state index in [2.05, 4.69) is 4.98 Å². The molecule has 2 heterocycles. The normalized spacial score (nSPS) is 16.2. The van der Waals surface area contributed by atoms with E-state index in [9.17, 15) is 4.79 Å². The van der Waals surface area contributed by atoms with Gasteiger partial charge in [0, 0.05) is 12.1 Å². The molecule has 2 aromatic rings. The fraction of sp³-hybridized carbons (Fsp3) is 0.333. The molecule has 4 nitrogen and oxygen atoms in total. The molecular formula is C12H12N2O2. The van der Waals surface area contributed by atoms with E-state index < -0.39 is 5.97 Å². The van der Waals surface area contributed by atoms with Gasteiger partial charge in [-0.1, -0.05) is 12.5 Å². The third-order valence-electron chi connectivity index (χ3n) is 3.25. The number of aromatic nitrogens is 2. The Morgan fingerprint density at radius 3 is 2.88 bits per heavy atom. The average molecular weight is 216 g/mol. The molecule has 0 bridgehead atoms. The first-order valence-electron chi connectivity index (χ1n) is 5.47. The highest BCUT2D eigenvalue weighted by atomic mass is 16.4. The van der Waals surface area contributed by atoms with E-state index in [-0.39, 0.29) is 5.69 Å². The first kappa shape index (κ1) is 9.39. The smallest absolute Gasteiger partial charge is 0.352 e. The van der Waals surface area contributed by atoms with Crippen LogP contribution in [0.1, 0.15) is 41.4 Å². The number of carboxylic acid groups (broad SMARTS) is 1. The van der Waals surface area contributed by atoms with Crippen molar-refractivity contribution < 1.29 is 9.90 Å². The van der Waals surface area contributed by atoms with Gasteiger partial charge in [-0.25, -0.2) is 9.78 Å². The van der Waals surface area contributed by atoms with Crippen LogP contribution in [0.2, 0.25) is 0 Å². The lowest BCUT2D eigenvalue weighted by molar-refractivity contribution is 0.0689. The number of hydrogen-bond acceptors (Lipinski definition) is 2. The van der Waals surface area contributed by atoms with Crippen LogP contribution in [0.3, 0.4) is 0 Å². The maximum atomic E-state index is 11.0. The topological polar surface area (TPSA) is 54.6 Å². The van der Waals surface area contributed by atoms with Gasteiger partial charge in [0.25, 0.3) is 0 Å². The van der Waals surface area contributed by atoms with E-state index in [1.165, 1.54) is 19.3 Å². The van der Waals surface area contributed by atoms with Crippen LogP contribution < -0.4 is 0 Å². The fourth-order valence-electron chi connectivity index (χ4n) is 2.10. The molecule has 82 valence electrons. The SMILES string of the molecule is O=C(O)c1cccc2nc(C3CCC3)cn12. The van der Waals surface area contributed by atoms with E-state index in [0.29, 0.717) is 5.92 Å². The average Bonchev–Trinajstić information content (AvgIpc) is 2.56. The minimum absolute atomic E-state index is 0.274. The molecule has 0 spiro atoms. The Morgan fingerprint density at radius 1 is 1.44 bits per heavy atom. The lowest BCUT2D eigenvalue weighted by Crippen LogP contribution is -2.08. The summed E-state index contributed by atoms with van der Waals surface area (Å²) in [5.74, 6) is -0.385. The van der Waals surface area contributed by atoms with Crippen LogP contribution in [0.15, 0.2) is 24.4 Å². The van der Waals surface area contributed by atoms with E-state index >= 15 is 0 Å². The Hall–Kier alpha value is -1.84. The van der Waals surface area contributed by atoms with Crippen LogP contribution in [-0.4, -0.2) is 20.5 Å². The van der Waals surface area contributed by atoms with Gasteiger partial charge < -0.3 is 5.11 Å². The molecule has 16 heavy (non-hydrogen) atoms. The fourth-order valence-corrected chi connectivity index (χ4v) is 2.10. The monoisotopic (exact) mass is 216 g/mol. The summed E-state index contributed by atoms with van der Waals surface area (Å²) in [6, 6.07) is 5.17. The summed E-state index contributed by atoms with van der Waals surface area (Å²) < 4.78 is 1.66. The number of nitrogens with zero attached hydrogens (tertiary/aromatic N) is 2. The number of carbonyl (C=O) groups is 1. The summed E-state index contributed by atoms with van der Waals surface area (Å²) in [5, 5.41) is 9.05. The van der Waals surface area contributed by atoms with Crippen LogP contribution in [0.25, 0.3) is 5.65 Å². The third-order valence-corrected chi connectivity index (χ3v) is 3.25. The van der Waals surface area contributed by atoms with Crippen molar-refractivity contribution in [3.05, 3.63) is 35.8 Å². The van der Waals surface area contributed by atoms with Crippen LogP contribution in [0, 0.1) is 0 Å². The molecule has 0 aromatic carbocycles. The molecular weight excluding hydrogens is 204 g/mol. The minimum atomic E-state index is -0.914. The summed E-state index contributed by atoms with van der Waals surface area (Å²) >= 11 is 0. The third kappa shape index (κ3) is 1.30. The van der Waals surface area contributed by atoms with Gasteiger partial charge in [-0.2, -0.15) is 0 Å². The van der Waals surface area contributed by atoms with Gasteiger partial charge in [-0.3, -0.25) is 4.40 Å². The Morgan fingerprint density at radius 2 is 2.25 bits per heavy atom. The van der Waals surface area contributed by atoms with Gasteiger partial charge >= 0.3 is 5.97 Å². The van der Waals surface area contributed by atoms with Crippen molar-refractivity contribution >= 4 is 11.6 Å². The van der Waals surface area contributed by atoms with Crippen molar-refractivity contribution in [2.24, 2.45) is 0 Å². The van der Waals surface area contributed by atoms with Crippen LogP contribution in [0.4, 0.5) is 0 Å². The Kier molecular flexibility index (Phi) is 1.96. The van der Waals surface area contributed by atoms with Gasteiger partial charge in [-0.05, 0) is 25.0 Å². The van der Waals surface area contributed by atoms with Crippen LogP contribution >= 0.6 is 0 Å². The second-order valence-electron chi connectivity index (χ2n) is 4.24. The number of imidazole rings is 1. The Labute approximate surface area is 92.5 Å². The lowest BCUT2D eigenvalue weighted by Gasteiger charge is -2.22. The maximum absolute atomic E-state index is 11.0. The van der Waals surface area contributed by atoms with Crippen LogP contribution in [-0.2, 0) is 0 Å². The number of pyridine rings is 1. The van der Waals surface area contributed by atoms with E-state index in [4.69, 9.17) is 5.11 Å². The van der Waals surface area contributed by atoms with E-state index in [1.54, 1.807) is 16.5 Å². The van der Waals surface area contributed by atoms with Crippen molar-refractivity contribution in [2.75, 3.05) is 0 Å². The van der Waals surface area contributed by atoms with E-state index in [1.807, 2.05) is 12.3 Å². The molecule has 4 heteroatoms. The first-order chi connectivity index (χ1) is 7.75. The first-order valence-corrected chi connectivity index (χ1v) is 5.47. The van der Waals surface area contributed by atoms with Gasteiger partial charge in [0.05, 0.1) is 5.69 Å². The zero-order valence-corrected chi connectivity index (χ0v) is 8.76. The van der Waals surface area contributed by atoms with Gasteiger partial charge in [0.15, 0.2) is 0 Å². The largest absolute Gasteiger partial charge is 0.477 e. The van der Waals surface area contributed by atoms with E-state index in [0.717, 1.165) is 11.3 Å². The van der Waals surface area contributed by atoms with Crippen molar-refractivity contribution in [1.82, 2.24) is 9.38 Å². The minimum Gasteiger partial charge on any atom is -0.477 e. The molecule has 0 atom stereocenters. The molecule has 3 rings (SSSR count). The molecule has 1 N–H and O–H groups in total. The zero-order chi connectivity index (χ0) is 11.1. The number of fused-ring (bicyclic) bond motifs is 1. The van der Waals surface area contributed by atoms with Crippen molar-refractivity contribution in [1.29, 1.82) is 0 Å². The van der Waals surface area contributed by atoms with Crippen molar-refractivity contribution in [3.8, 4) is 0 Å². The summed E-state index contributed by atoms with van der Waals surface area (Å²) in [6.45, 7) is 0. The number of hydrogen-bond donors (Lipinski definition) is 1. The summed E-state index contributed by atoms with van der Waals surface area (Å²) in [6.07, 6.45) is 5.46. The molecule has 1 aliphatic carbocycles. The van der Waals surface area contributed by atoms with Gasteiger partial charge in [-0.15, -0.1) is 0 Å². The molecule has 0 saturated heterocycles. The Bertz CT molecular complexity index is 555. The van der Waals surface area contributed by atoms with Gasteiger partial charge in [0.2, 0.25) is 0 Å². The number of carboxylic acids is 1. The molecule has 0 radical (unpaired) electrons. The summed E-state index contributed by atoms with van der Waals surface area (Å²) in [5.41, 5.74) is 2.03. The predicted octanol–water partition coefficient (Wildman–Crippen LogP) is 2.30.